The Balaban J connectivity index is 0.000000160. The third-order valence-corrected chi connectivity index (χ3v) is 5.52. The lowest BCUT2D eigenvalue weighted by Crippen LogP contribution is -2.25. The number of hydrogen-bond donors (Lipinski definition) is 1. The molecule has 0 atom stereocenters. The van der Waals surface area contributed by atoms with E-state index in [1.165, 1.54) is 19.2 Å². The Labute approximate surface area is 192 Å². The molecule has 2 N–H and O–H groups in total. The number of carbonyl (C=O) groups is 2. The number of amides is 2. The highest BCUT2D eigenvalue weighted by molar-refractivity contribution is 5.95. The Bertz CT molecular complexity index is 1110. The van der Waals surface area contributed by atoms with Crippen LogP contribution in [-0.2, 0) is 11.3 Å². The van der Waals surface area contributed by atoms with Crippen molar-refractivity contribution in [3.05, 3.63) is 60.3 Å². The van der Waals surface area contributed by atoms with E-state index >= 15 is 0 Å². The van der Waals surface area contributed by atoms with Crippen LogP contribution in [0.3, 0.4) is 0 Å². The van der Waals surface area contributed by atoms with Crippen molar-refractivity contribution in [1.82, 2.24) is 19.7 Å². The van der Waals surface area contributed by atoms with Crippen LogP contribution >= 0.6 is 0 Å². The summed E-state index contributed by atoms with van der Waals surface area (Å²) in [6.07, 6.45) is 6.10. The number of fused-ring (bicyclic) bond motifs is 1. The van der Waals surface area contributed by atoms with Crippen LogP contribution in [0.4, 0.5) is 11.5 Å². The van der Waals surface area contributed by atoms with Gasteiger partial charge in [-0.15, -0.1) is 5.10 Å². The van der Waals surface area contributed by atoms with Gasteiger partial charge in [-0.1, -0.05) is 30.3 Å². The third kappa shape index (κ3) is 5.46. The predicted octanol–water partition coefficient (Wildman–Crippen LogP) is 1.85. The van der Waals surface area contributed by atoms with E-state index in [-0.39, 0.29) is 11.7 Å². The van der Waals surface area contributed by atoms with Crippen molar-refractivity contribution in [2.45, 2.75) is 25.8 Å². The van der Waals surface area contributed by atoms with Gasteiger partial charge in [-0.2, -0.15) is 0 Å². The van der Waals surface area contributed by atoms with Crippen molar-refractivity contribution in [2.75, 3.05) is 36.5 Å². The van der Waals surface area contributed by atoms with Gasteiger partial charge < -0.3 is 20.3 Å². The maximum atomic E-state index is 11.7. The van der Waals surface area contributed by atoms with Gasteiger partial charge in [0, 0.05) is 26.2 Å². The van der Waals surface area contributed by atoms with Gasteiger partial charge in [0.25, 0.3) is 5.91 Å². The first kappa shape index (κ1) is 22.3. The SMILES string of the molecule is CN1C(=O)CCOc2cc(N3CCCC3)ncc21.NC(=O)c1ncn(Cc2ccccc2)n1. The number of anilines is 2. The molecule has 2 aromatic heterocycles. The summed E-state index contributed by atoms with van der Waals surface area (Å²) in [5.74, 6) is 1.23. The molecule has 172 valence electrons. The molecule has 0 aliphatic carbocycles. The number of nitrogens with two attached hydrogens (primary N) is 1. The molecule has 33 heavy (non-hydrogen) atoms. The summed E-state index contributed by atoms with van der Waals surface area (Å²) in [5.41, 5.74) is 6.90. The van der Waals surface area contributed by atoms with E-state index < -0.39 is 5.91 Å². The highest BCUT2D eigenvalue weighted by Gasteiger charge is 2.22. The van der Waals surface area contributed by atoms with E-state index in [1.807, 2.05) is 36.4 Å². The van der Waals surface area contributed by atoms with Crippen LogP contribution < -0.4 is 20.3 Å². The molecule has 2 amide bonds. The van der Waals surface area contributed by atoms with Crippen molar-refractivity contribution in [3.63, 3.8) is 0 Å². The van der Waals surface area contributed by atoms with Crippen LogP contribution in [0.1, 0.15) is 35.4 Å². The molecule has 3 aromatic rings. The fourth-order valence-corrected chi connectivity index (χ4v) is 3.71. The first-order valence-corrected chi connectivity index (χ1v) is 10.9. The number of rotatable bonds is 4. The van der Waals surface area contributed by atoms with Crippen molar-refractivity contribution < 1.29 is 14.3 Å². The summed E-state index contributed by atoms with van der Waals surface area (Å²) < 4.78 is 7.24. The Hall–Kier alpha value is -3.95. The van der Waals surface area contributed by atoms with Gasteiger partial charge in [0.2, 0.25) is 11.7 Å². The predicted molar refractivity (Wildman–Crippen MR) is 123 cm³/mol. The number of carbonyl (C=O) groups excluding carboxylic acids is 2. The number of nitrogens with zero attached hydrogens (tertiary/aromatic N) is 6. The smallest absolute Gasteiger partial charge is 0.288 e. The molecular formula is C23H27N7O3. The minimum absolute atomic E-state index is 0.0472. The summed E-state index contributed by atoms with van der Waals surface area (Å²) in [6, 6.07) is 11.7. The van der Waals surface area contributed by atoms with Crippen molar-refractivity contribution in [3.8, 4) is 5.75 Å². The normalized spacial score (nSPS) is 15.2. The van der Waals surface area contributed by atoms with Crippen LogP contribution in [0.15, 0.2) is 48.9 Å². The van der Waals surface area contributed by atoms with Crippen LogP contribution in [-0.4, -0.2) is 58.3 Å². The maximum absolute atomic E-state index is 11.7. The molecule has 1 fully saturated rings. The van der Waals surface area contributed by atoms with E-state index in [0.29, 0.717) is 19.6 Å². The lowest BCUT2D eigenvalue weighted by Gasteiger charge is -2.20. The first-order valence-electron chi connectivity index (χ1n) is 10.9. The second-order valence-electron chi connectivity index (χ2n) is 7.87. The molecule has 1 saturated heterocycles. The zero-order chi connectivity index (χ0) is 23.2. The van der Waals surface area contributed by atoms with Gasteiger partial charge in [0.15, 0.2) is 0 Å². The largest absolute Gasteiger partial charge is 0.491 e. The molecule has 5 rings (SSSR count). The molecule has 10 nitrogen and oxygen atoms in total. The van der Waals surface area contributed by atoms with E-state index in [0.717, 1.165) is 35.9 Å². The zero-order valence-electron chi connectivity index (χ0n) is 18.6. The number of aromatic nitrogens is 4. The second-order valence-corrected chi connectivity index (χ2v) is 7.87. The van der Waals surface area contributed by atoms with Crippen molar-refractivity contribution in [2.24, 2.45) is 5.73 Å². The van der Waals surface area contributed by atoms with Gasteiger partial charge >= 0.3 is 0 Å². The maximum Gasteiger partial charge on any atom is 0.288 e. The van der Waals surface area contributed by atoms with Crippen molar-refractivity contribution >= 4 is 23.3 Å². The summed E-state index contributed by atoms with van der Waals surface area (Å²) >= 11 is 0. The Kier molecular flexibility index (Phi) is 6.82. The number of pyridine rings is 1. The molecule has 0 spiro atoms. The van der Waals surface area contributed by atoms with Gasteiger partial charge in [0.1, 0.15) is 23.6 Å². The van der Waals surface area contributed by atoms with E-state index in [4.69, 9.17) is 10.5 Å². The highest BCUT2D eigenvalue weighted by Crippen LogP contribution is 2.33. The van der Waals surface area contributed by atoms with Gasteiger partial charge in [-0.25, -0.2) is 14.6 Å². The van der Waals surface area contributed by atoms with Gasteiger partial charge in [-0.3, -0.25) is 9.59 Å². The molecule has 1 aromatic carbocycles. The average Bonchev–Trinajstić information content (AvgIpc) is 3.50. The molecular weight excluding hydrogens is 422 g/mol. The molecule has 0 saturated carbocycles. The molecule has 10 heteroatoms. The minimum atomic E-state index is -0.609. The number of primary amides is 1. The third-order valence-electron chi connectivity index (χ3n) is 5.52. The van der Waals surface area contributed by atoms with Crippen LogP contribution in [0, 0.1) is 0 Å². The zero-order valence-corrected chi connectivity index (χ0v) is 18.6. The monoisotopic (exact) mass is 449 g/mol. The topological polar surface area (TPSA) is 119 Å². The fraction of sp³-hybridized carbons (Fsp3) is 0.348. The van der Waals surface area contributed by atoms with Crippen LogP contribution in [0.5, 0.6) is 5.75 Å². The minimum Gasteiger partial charge on any atom is -0.491 e. The average molecular weight is 450 g/mol. The quantitative estimate of drug-likeness (QED) is 0.645. The standard InChI is InChI=1S/C13H17N3O2.C10H10N4O/c1-15-10-9-14-12(16-5-2-3-6-16)8-11(10)18-7-4-13(15)17;11-9(15)10-12-7-14(13-10)6-8-4-2-1-3-5-8/h8-9H,2-7H2,1H3;1-5,7H,6H2,(H2,11,15). The number of ether oxygens (including phenoxy) is 1. The Morgan fingerprint density at radius 1 is 1.15 bits per heavy atom. The molecule has 0 bridgehead atoms. The molecule has 2 aliphatic heterocycles. The van der Waals surface area contributed by atoms with Gasteiger partial charge in [0.05, 0.1) is 25.8 Å². The summed E-state index contributed by atoms with van der Waals surface area (Å²) in [4.78, 5) is 34.6. The summed E-state index contributed by atoms with van der Waals surface area (Å²) in [6.45, 7) is 3.14. The Morgan fingerprint density at radius 2 is 1.91 bits per heavy atom. The lowest BCUT2D eigenvalue weighted by molar-refractivity contribution is -0.118. The second kappa shape index (κ2) is 10.1. The Morgan fingerprint density at radius 3 is 2.61 bits per heavy atom. The van der Waals surface area contributed by atoms with E-state index in [9.17, 15) is 9.59 Å². The van der Waals surface area contributed by atoms with Gasteiger partial charge in [-0.05, 0) is 18.4 Å². The number of benzene rings is 1. The highest BCUT2D eigenvalue weighted by atomic mass is 16.5. The summed E-state index contributed by atoms with van der Waals surface area (Å²) in [7, 11) is 1.77. The van der Waals surface area contributed by atoms with E-state index in [2.05, 4.69) is 20.0 Å². The molecule has 4 heterocycles. The molecule has 2 aliphatic rings. The summed E-state index contributed by atoms with van der Waals surface area (Å²) in [5, 5.41) is 3.94. The van der Waals surface area contributed by atoms with E-state index in [1.54, 1.807) is 22.8 Å². The van der Waals surface area contributed by atoms with Crippen molar-refractivity contribution in [1.29, 1.82) is 0 Å². The molecule has 0 unspecified atom stereocenters. The first-order chi connectivity index (χ1) is 16.0. The fourth-order valence-electron chi connectivity index (χ4n) is 3.71. The van der Waals surface area contributed by atoms with Crippen LogP contribution in [0.2, 0.25) is 0 Å². The van der Waals surface area contributed by atoms with Crippen LogP contribution in [0.25, 0.3) is 0 Å². The lowest BCUT2D eigenvalue weighted by atomic mass is 10.2. The molecule has 0 radical (unpaired) electrons. The number of hydrogen-bond acceptors (Lipinski definition) is 7.